The molecule has 0 radical (unpaired) electrons. The molecule has 0 fully saturated rings. The van der Waals surface area contributed by atoms with Crippen LogP contribution in [0, 0.1) is 0 Å². The van der Waals surface area contributed by atoms with Crippen LogP contribution in [-0.4, -0.2) is 0 Å². The van der Waals surface area contributed by atoms with E-state index in [4.69, 9.17) is 0 Å². The molecule has 0 amide bonds. The Morgan fingerprint density at radius 1 is 0.696 bits per heavy atom. The second-order valence-corrected chi connectivity index (χ2v) is 7.19. The molecule has 0 aliphatic heterocycles. The molecule has 0 bridgehead atoms. The van der Waals surface area contributed by atoms with Gasteiger partial charge in [0.05, 0.1) is 0 Å². The molecule has 5 rings (SSSR count). The monoisotopic (exact) mass is 312 g/mol. The van der Waals surface area contributed by atoms with Crippen LogP contribution in [-0.2, 0) is 6.42 Å². The van der Waals surface area contributed by atoms with Crippen molar-refractivity contribution in [1.82, 2.24) is 0 Å². The van der Waals surface area contributed by atoms with Gasteiger partial charge in [-0.2, -0.15) is 0 Å². The Balaban J connectivity index is 1.99. The lowest BCUT2D eigenvalue weighted by molar-refractivity contribution is 1.15. The average Bonchev–Trinajstić information content (AvgIpc) is 2.99. The predicted molar refractivity (Wildman–Crippen MR) is 104 cm³/mol. The SMILES string of the molecule is CCc1ccc2c(ccc3c2ccc2sc4ccccc4c23)c1. The molecule has 0 saturated heterocycles. The van der Waals surface area contributed by atoms with Crippen molar-refractivity contribution >= 4 is 53.1 Å². The molecule has 0 saturated carbocycles. The zero-order chi connectivity index (χ0) is 15.4. The summed E-state index contributed by atoms with van der Waals surface area (Å²) >= 11 is 1.89. The van der Waals surface area contributed by atoms with Gasteiger partial charge in [0.25, 0.3) is 0 Å². The van der Waals surface area contributed by atoms with E-state index in [9.17, 15) is 0 Å². The first-order valence-corrected chi connectivity index (χ1v) is 8.92. The number of rotatable bonds is 1. The van der Waals surface area contributed by atoms with Gasteiger partial charge in [0.2, 0.25) is 0 Å². The van der Waals surface area contributed by atoms with E-state index >= 15 is 0 Å². The van der Waals surface area contributed by atoms with Gasteiger partial charge in [0.1, 0.15) is 0 Å². The van der Waals surface area contributed by atoms with Gasteiger partial charge < -0.3 is 0 Å². The number of hydrogen-bond donors (Lipinski definition) is 0. The molecule has 0 unspecified atom stereocenters. The Kier molecular flexibility index (Phi) is 2.74. The van der Waals surface area contributed by atoms with Gasteiger partial charge in [-0.05, 0) is 45.7 Å². The zero-order valence-electron chi connectivity index (χ0n) is 13.0. The van der Waals surface area contributed by atoms with Crippen LogP contribution in [0.4, 0.5) is 0 Å². The number of fused-ring (bicyclic) bond motifs is 7. The summed E-state index contributed by atoms with van der Waals surface area (Å²) in [5, 5.41) is 8.22. The van der Waals surface area contributed by atoms with Crippen LogP contribution in [0.2, 0.25) is 0 Å². The first-order valence-electron chi connectivity index (χ1n) is 8.11. The molecule has 23 heavy (non-hydrogen) atoms. The van der Waals surface area contributed by atoms with Gasteiger partial charge in [-0.15, -0.1) is 11.3 Å². The standard InChI is InChI=1S/C22H16S/c1-2-14-7-9-16-15(13-14)8-10-18-17(16)11-12-21-22(18)19-5-3-4-6-20(19)23-21/h3-13H,2H2,1H3. The highest BCUT2D eigenvalue weighted by molar-refractivity contribution is 7.26. The predicted octanol–water partition coefficient (Wildman–Crippen LogP) is 6.92. The lowest BCUT2D eigenvalue weighted by Gasteiger charge is -2.07. The van der Waals surface area contributed by atoms with Gasteiger partial charge in [-0.3, -0.25) is 0 Å². The van der Waals surface area contributed by atoms with Crippen molar-refractivity contribution in [3.63, 3.8) is 0 Å². The second-order valence-electron chi connectivity index (χ2n) is 6.11. The summed E-state index contributed by atoms with van der Waals surface area (Å²) in [5.74, 6) is 0. The highest BCUT2D eigenvalue weighted by atomic mass is 32.1. The Bertz CT molecular complexity index is 1190. The lowest BCUT2D eigenvalue weighted by atomic mass is 9.97. The number of aryl methyl sites for hydroxylation is 1. The van der Waals surface area contributed by atoms with Crippen LogP contribution in [0.25, 0.3) is 41.7 Å². The maximum absolute atomic E-state index is 2.32. The molecule has 1 heterocycles. The molecule has 0 nitrogen and oxygen atoms in total. The number of thiophene rings is 1. The van der Waals surface area contributed by atoms with Crippen LogP contribution < -0.4 is 0 Å². The van der Waals surface area contributed by atoms with E-state index in [1.165, 1.54) is 47.3 Å². The van der Waals surface area contributed by atoms with Crippen molar-refractivity contribution in [3.05, 3.63) is 72.3 Å². The zero-order valence-corrected chi connectivity index (χ0v) is 13.8. The smallest absolute Gasteiger partial charge is 0.0361 e. The molecule has 0 aliphatic rings. The summed E-state index contributed by atoms with van der Waals surface area (Å²) in [6, 6.07) is 24.8. The van der Waals surface area contributed by atoms with Crippen LogP contribution in [0.3, 0.4) is 0 Å². The maximum Gasteiger partial charge on any atom is 0.0361 e. The largest absolute Gasteiger partial charge is 0.135 e. The van der Waals surface area contributed by atoms with Crippen LogP contribution >= 0.6 is 11.3 Å². The first-order chi connectivity index (χ1) is 11.3. The third kappa shape index (κ3) is 1.83. The van der Waals surface area contributed by atoms with Crippen molar-refractivity contribution < 1.29 is 0 Å². The van der Waals surface area contributed by atoms with E-state index in [-0.39, 0.29) is 0 Å². The summed E-state index contributed by atoms with van der Waals surface area (Å²) in [6.07, 6.45) is 1.09. The molecule has 0 spiro atoms. The third-order valence-electron chi connectivity index (χ3n) is 4.83. The number of hydrogen-bond acceptors (Lipinski definition) is 1. The fraction of sp³-hybridized carbons (Fsp3) is 0.0909. The van der Waals surface area contributed by atoms with Gasteiger partial charge in [0, 0.05) is 20.2 Å². The summed E-state index contributed by atoms with van der Waals surface area (Å²) < 4.78 is 2.75. The van der Waals surface area contributed by atoms with Crippen LogP contribution in [0.15, 0.2) is 66.7 Å². The molecular formula is C22H16S. The topological polar surface area (TPSA) is 0 Å². The van der Waals surface area contributed by atoms with E-state index in [1.54, 1.807) is 0 Å². The van der Waals surface area contributed by atoms with Gasteiger partial charge in [-0.25, -0.2) is 0 Å². The normalized spacial score (nSPS) is 11.9. The molecule has 0 aliphatic carbocycles. The van der Waals surface area contributed by atoms with E-state index < -0.39 is 0 Å². The van der Waals surface area contributed by atoms with Crippen molar-refractivity contribution in [2.24, 2.45) is 0 Å². The van der Waals surface area contributed by atoms with Crippen LogP contribution in [0.1, 0.15) is 12.5 Å². The first kappa shape index (κ1) is 13.1. The molecule has 0 atom stereocenters. The minimum atomic E-state index is 1.09. The highest BCUT2D eigenvalue weighted by Gasteiger charge is 2.10. The Labute approximate surface area is 139 Å². The van der Waals surface area contributed by atoms with E-state index in [0.717, 1.165) is 6.42 Å². The molecule has 4 aromatic carbocycles. The average molecular weight is 312 g/mol. The number of benzene rings is 4. The molecule has 1 heteroatoms. The molecule has 110 valence electrons. The molecule has 5 aromatic rings. The Morgan fingerprint density at radius 2 is 1.52 bits per heavy atom. The fourth-order valence-electron chi connectivity index (χ4n) is 3.64. The van der Waals surface area contributed by atoms with Gasteiger partial charge >= 0.3 is 0 Å². The quantitative estimate of drug-likeness (QED) is 0.295. The van der Waals surface area contributed by atoms with Crippen molar-refractivity contribution in [2.75, 3.05) is 0 Å². The minimum Gasteiger partial charge on any atom is -0.135 e. The third-order valence-corrected chi connectivity index (χ3v) is 5.96. The second kappa shape index (κ2) is 4.81. The van der Waals surface area contributed by atoms with Crippen molar-refractivity contribution in [3.8, 4) is 0 Å². The Morgan fingerprint density at radius 3 is 2.43 bits per heavy atom. The Hall–Kier alpha value is -2.38. The minimum absolute atomic E-state index is 1.09. The van der Waals surface area contributed by atoms with Crippen molar-refractivity contribution in [1.29, 1.82) is 0 Å². The van der Waals surface area contributed by atoms with Gasteiger partial charge in [0.15, 0.2) is 0 Å². The van der Waals surface area contributed by atoms with Gasteiger partial charge in [-0.1, -0.05) is 61.5 Å². The summed E-state index contributed by atoms with van der Waals surface area (Å²) in [4.78, 5) is 0. The molecular weight excluding hydrogens is 296 g/mol. The maximum atomic E-state index is 2.32. The summed E-state index contributed by atoms with van der Waals surface area (Å²) in [5.41, 5.74) is 1.40. The van der Waals surface area contributed by atoms with Crippen LogP contribution in [0.5, 0.6) is 0 Å². The summed E-state index contributed by atoms with van der Waals surface area (Å²) in [6.45, 7) is 2.21. The van der Waals surface area contributed by atoms with E-state index in [1.807, 2.05) is 11.3 Å². The van der Waals surface area contributed by atoms with Crippen molar-refractivity contribution in [2.45, 2.75) is 13.3 Å². The summed E-state index contributed by atoms with van der Waals surface area (Å²) in [7, 11) is 0. The van der Waals surface area contributed by atoms with E-state index in [2.05, 4.69) is 73.7 Å². The molecule has 1 aromatic heterocycles. The highest BCUT2D eigenvalue weighted by Crippen LogP contribution is 2.40. The molecule has 0 N–H and O–H groups in total. The lowest BCUT2D eigenvalue weighted by Crippen LogP contribution is -1.83. The fourth-order valence-corrected chi connectivity index (χ4v) is 4.76. The van der Waals surface area contributed by atoms with E-state index in [0.29, 0.717) is 0 Å².